The minimum atomic E-state index is -0.431. The summed E-state index contributed by atoms with van der Waals surface area (Å²) < 4.78 is 0. The number of carbonyl (C=O) groups excluding carboxylic acids is 1. The number of rotatable bonds is 6. The van der Waals surface area contributed by atoms with E-state index in [4.69, 9.17) is 17.0 Å². The van der Waals surface area contributed by atoms with Crippen LogP contribution in [0.1, 0.15) is 51.9 Å². The third-order valence-electron chi connectivity index (χ3n) is 6.09. The van der Waals surface area contributed by atoms with Gasteiger partial charge in [-0.2, -0.15) is 0 Å². The molecule has 3 N–H and O–H groups in total. The minimum absolute atomic E-state index is 0.00274. The first-order valence-corrected chi connectivity index (χ1v) is 10.7. The molecule has 1 aliphatic heterocycles. The van der Waals surface area contributed by atoms with Crippen LogP contribution in [0.5, 0.6) is 0 Å². The lowest BCUT2D eigenvalue weighted by molar-refractivity contribution is 0.0479. The molecule has 0 spiro atoms. The van der Waals surface area contributed by atoms with E-state index < -0.39 is 6.10 Å². The van der Waals surface area contributed by atoms with Gasteiger partial charge in [-0.25, -0.2) is 0 Å². The molecule has 0 aromatic heterocycles. The summed E-state index contributed by atoms with van der Waals surface area (Å²) in [7, 11) is 1.81. The van der Waals surface area contributed by atoms with Crippen LogP contribution in [0.2, 0.25) is 5.02 Å². The van der Waals surface area contributed by atoms with Crippen molar-refractivity contribution < 1.29 is 9.90 Å². The molecule has 0 unspecified atom stereocenters. The number of nitrogens with one attached hydrogen (secondary N) is 2. The van der Waals surface area contributed by atoms with Crippen molar-refractivity contribution in [2.75, 3.05) is 7.05 Å². The lowest BCUT2D eigenvalue weighted by atomic mass is 9.98. The van der Waals surface area contributed by atoms with E-state index >= 15 is 0 Å². The third-order valence-corrected chi connectivity index (χ3v) is 6.44. The Morgan fingerprint density at radius 2 is 2.07 bits per heavy atom. The molecule has 2 aliphatic rings. The molecule has 1 amide bonds. The standard InChI is InChI=1S/C24H26ClN3O2/c1-27-13-19(12-26)16-7-5-15(6-8-16)9-17-10-20-18(11-21(17)25)14-28(24(20)30)22-3-2-4-23(22)29/h5-8,10-13,22-23,26-27,29H,2-4,9,14H2,1H3/b19-13+,26-12?/t22-,23-/m0/s1. The van der Waals surface area contributed by atoms with Gasteiger partial charge in [0.1, 0.15) is 0 Å². The molecule has 1 saturated carbocycles. The molecule has 1 fully saturated rings. The van der Waals surface area contributed by atoms with E-state index in [1.165, 1.54) is 6.21 Å². The average Bonchev–Trinajstić information content (AvgIpc) is 3.30. The zero-order valence-corrected chi connectivity index (χ0v) is 17.7. The molecular formula is C24H26ClN3O2. The SMILES string of the molecule is CN/C=C(\C=N)c1ccc(Cc2cc3c(cc2Cl)CN([C@H]2CCC[C@@H]2O)C3=O)cc1. The van der Waals surface area contributed by atoms with Gasteiger partial charge < -0.3 is 20.7 Å². The highest BCUT2D eigenvalue weighted by Crippen LogP contribution is 2.35. The predicted molar refractivity (Wildman–Crippen MR) is 120 cm³/mol. The number of aliphatic hydroxyl groups excluding tert-OH is 1. The quantitative estimate of drug-likeness (QED) is 0.614. The van der Waals surface area contributed by atoms with Crippen molar-refractivity contribution in [1.82, 2.24) is 10.2 Å². The number of allylic oxidation sites excluding steroid dienone is 1. The van der Waals surface area contributed by atoms with Gasteiger partial charge in [0.15, 0.2) is 0 Å². The van der Waals surface area contributed by atoms with Crippen molar-refractivity contribution in [3.05, 3.63) is 75.4 Å². The fourth-order valence-corrected chi connectivity index (χ4v) is 4.74. The lowest BCUT2D eigenvalue weighted by Gasteiger charge is -2.26. The van der Waals surface area contributed by atoms with Gasteiger partial charge in [0.25, 0.3) is 5.91 Å². The van der Waals surface area contributed by atoms with Crippen LogP contribution in [0.25, 0.3) is 5.57 Å². The van der Waals surface area contributed by atoms with E-state index in [-0.39, 0.29) is 11.9 Å². The summed E-state index contributed by atoms with van der Waals surface area (Å²) in [4.78, 5) is 14.8. The van der Waals surface area contributed by atoms with Crippen LogP contribution in [-0.4, -0.2) is 41.3 Å². The fraction of sp³-hybridized carbons (Fsp3) is 0.333. The van der Waals surface area contributed by atoms with Crippen molar-refractivity contribution in [3.63, 3.8) is 0 Å². The van der Waals surface area contributed by atoms with E-state index in [9.17, 15) is 9.90 Å². The van der Waals surface area contributed by atoms with Gasteiger partial charge in [-0.05, 0) is 60.1 Å². The van der Waals surface area contributed by atoms with Crippen LogP contribution in [0.15, 0.2) is 42.6 Å². The number of amides is 1. The normalized spacial score (nSPS) is 21.1. The first-order valence-electron chi connectivity index (χ1n) is 10.3. The van der Waals surface area contributed by atoms with Crippen molar-refractivity contribution >= 4 is 29.3 Å². The number of benzene rings is 2. The first-order chi connectivity index (χ1) is 14.5. The van der Waals surface area contributed by atoms with Crippen LogP contribution < -0.4 is 5.32 Å². The minimum Gasteiger partial charge on any atom is -0.393 e. The molecule has 4 rings (SSSR count). The second-order valence-electron chi connectivity index (χ2n) is 8.01. The van der Waals surface area contributed by atoms with E-state index in [2.05, 4.69) is 5.32 Å². The largest absolute Gasteiger partial charge is 0.393 e. The topological polar surface area (TPSA) is 76.4 Å². The Kier molecular flexibility index (Phi) is 5.93. The van der Waals surface area contributed by atoms with Gasteiger partial charge in [-0.3, -0.25) is 4.79 Å². The summed E-state index contributed by atoms with van der Waals surface area (Å²) in [5.41, 5.74) is 5.42. The molecule has 1 heterocycles. The van der Waals surface area contributed by atoms with E-state index in [1.54, 1.807) is 6.20 Å². The molecule has 2 aromatic rings. The average molecular weight is 424 g/mol. The van der Waals surface area contributed by atoms with Crippen LogP contribution in [0, 0.1) is 5.41 Å². The molecule has 6 heteroatoms. The summed E-state index contributed by atoms with van der Waals surface area (Å²) >= 11 is 6.56. The summed E-state index contributed by atoms with van der Waals surface area (Å²) in [6.45, 7) is 0.523. The molecular weight excluding hydrogens is 398 g/mol. The number of nitrogens with zero attached hydrogens (tertiary/aromatic N) is 1. The second-order valence-corrected chi connectivity index (χ2v) is 8.41. The maximum Gasteiger partial charge on any atom is 0.254 e. The Hall–Kier alpha value is -2.63. The molecule has 2 aromatic carbocycles. The monoisotopic (exact) mass is 423 g/mol. The highest BCUT2D eigenvalue weighted by molar-refractivity contribution is 6.31. The maximum absolute atomic E-state index is 13.0. The smallest absolute Gasteiger partial charge is 0.254 e. The molecule has 2 atom stereocenters. The fourth-order valence-electron chi connectivity index (χ4n) is 4.49. The Morgan fingerprint density at radius 1 is 1.30 bits per heavy atom. The van der Waals surface area contributed by atoms with Crippen molar-refractivity contribution in [2.24, 2.45) is 0 Å². The van der Waals surface area contributed by atoms with Gasteiger partial charge in [0.05, 0.1) is 12.1 Å². The molecule has 1 aliphatic carbocycles. The molecule has 30 heavy (non-hydrogen) atoms. The highest BCUT2D eigenvalue weighted by atomic mass is 35.5. The first kappa shape index (κ1) is 20.6. The van der Waals surface area contributed by atoms with Crippen LogP contribution in [0.4, 0.5) is 0 Å². The molecule has 5 nitrogen and oxygen atoms in total. The maximum atomic E-state index is 13.0. The van der Waals surface area contributed by atoms with Crippen molar-refractivity contribution in [1.29, 1.82) is 5.41 Å². The summed E-state index contributed by atoms with van der Waals surface area (Å²) in [6.07, 6.45) is 5.88. The summed E-state index contributed by atoms with van der Waals surface area (Å²) in [5.74, 6) is -0.00274. The third kappa shape index (κ3) is 3.87. The van der Waals surface area contributed by atoms with Crippen molar-refractivity contribution in [2.45, 2.75) is 44.4 Å². The Balaban J connectivity index is 1.55. The zero-order chi connectivity index (χ0) is 21.3. The highest BCUT2D eigenvalue weighted by Gasteiger charge is 2.38. The zero-order valence-electron chi connectivity index (χ0n) is 17.0. The van der Waals surface area contributed by atoms with Gasteiger partial charge in [0.2, 0.25) is 0 Å². The molecule has 156 valence electrons. The Morgan fingerprint density at radius 3 is 2.70 bits per heavy atom. The summed E-state index contributed by atoms with van der Waals surface area (Å²) in [6, 6.07) is 11.7. The number of carbonyl (C=O) groups is 1. The second kappa shape index (κ2) is 8.62. The Labute approximate surface area is 181 Å². The van der Waals surface area contributed by atoms with Gasteiger partial charge in [0, 0.05) is 42.2 Å². The van der Waals surface area contributed by atoms with Gasteiger partial charge in [-0.15, -0.1) is 0 Å². The number of aliphatic hydroxyl groups is 1. The summed E-state index contributed by atoms with van der Waals surface area (Å²) in [5, 5.41) is 21.4. The van der Waals surface area contributed by atoms with E-state index in [0.29, 0.717) is 23.6 Å². The van der Waals surface area contributed by atoms with Gasteiger partial charge >= 0.3 is 0 Å². The van der Waals surface area contributed by atoms with Gasteiger partial charge in [-0.1, -0.05) is 35.9 Å². The molecule has 0 radical (unpaired) electrons. The predicted octanol–water partition coefficient (Wildman–Crippen LogP) is 4.01. The van der Waals surface area contributed by atoms with E-state index in [1.807, 2.05) is 48.3 Å². The van der Waals surface area contributed by atoms with Crippen LogP contribution in [0.3, 0.4) is 0 Å². The van der Waals surface area contributed by atoms with Crippen LogP contribution >= 0.6 is 11.6 Å². The molecule has 0 saturated heterocycles. The lowest BCUT2D eigenvalue weighted by Crippen LogP contribution is -2.40. The number of fused-ring (bicyclic) bond motifs is 1. The van der Waals surface area contributed by atoms with Crippen molar-refractivity contribution in [3.8, 4) is 0 Å². The van der Waals surface area contributed by atoms with Crippen LogP contribution in [-0.2, 0) is 13.0 Å². The van der Waals surface area contributed by atoms with E-state index in [0.717, 1.165) is 47.1 Å². The molecule has 0 bridgehead atoms. The number of halogens is 1. The number of hydrogen-bond donors (Lipinski definition) is 3. The Bertz CT molecular complexity index is 1000. The number of hydrogen-bond acceptors (Lipinski definition) is 4.